The average molecular weight is 356 g/mol. The number of nitrogens with zero attached hydrogens (tertiary/aromatic N) is 3. The molecule has 1 heterocycles. The number of amides is 1. The third kappa shape index (κ3) is 4.06. The maximum absolute atomic E-state index is 13.9. The molecule has 5 nitrogen and oxygen atoms in total. The molecule has 0 saturated carbocycles. The van der Waals surface area contributed by atoms with Gasteiger partial charge in [-0.25, -0.2) is 4.39 Å². The van der Waals surface area contributed by atoms with Crippen molar-refractivity contribution in [1.29, 1.82) is 0 Å². The minimum absolute atomic E-state index is 0.135. The van der Waals surface area contributed by atoms with E-state index >= 15 is 0 Å². The number of carbonyl (C=O) groups is 1. The molecule has 0 bridgehead atoms. The first-order valence-corrected chi connectivity index (χ1v) is 8.67. The lowest BCUT2D eigenvalue weighted by Gasteiger charge is -2.06. The van der Waals surface area contributed by atoms with Gasteiger partial charge >= 0.3 is 0 Å². The van der Waals surface area contributed by atoms with Crippen LogP contribution < -0.4 is 5.32 Å². The van der Waals surface area contributed by atoms with Crippen molar-refractivity contribution in [2.24, 2.45) is 7.05 Å². The Labute approximate surface area is 149 Å². The molecule has 3 aromatic rings. The van der Waals surface area contributed by atoms with Crippen LogP contribution >= 0.6 is 11.8 Å². The van der Waals surface area contributed by atoms with Crippen LogP contribution in [0.3, 0.4) is 0 Å². The van der Waals surface area contributed by atoms with E-state index in [1.165, 1.54) is 17.8 Å². The number of anilines is 1. The molecule has 0 radical (unpaired) electrons. The first-order valence-electron chi connectivity index (χ1n) is 7.68. The third-order valence-electron chi connectivity index (χ3n) is 3.62. The Balaban J connectivity index is 1.65. The first kappa shape index (κ1) is 17.2. The highest BCUT2D eigenvalue weighted by atomic mass is 32.2. The van der Waals surface area contributed by atoms with Crippen LogP contribution in [-0.4, -0.2) is 26.4 Å². The van der Waals surface area contributed by atoms with Crippen molar-refractivity contribution in [2.75, 3.05) is 11.1 Å². The van der Waals surface area contributed by atoms with E-state index in [4.69, 9.17) is 0 Å². The van der Waals surface area contributed by atoms with Crippen molar-refractivity contribution in [3.63, 3.8) is 0 Å². The van der Waals surface area contributed by atoms with E-state index in [0.717, 1.165) is 11.3 Å². The number of rotatable bonds is 5. The molecule has 0 saturated heterocycles. The lowest BCUT2D eigenvalue weighted by molar-refractivity contribution is -0.113. The second-order valence-electron chi connectivity index (χ2n) is 5.55. The Morgan fingerprint density at radius 2 is 1.88 bits per heavy atom. The number of aromatic nitrogens is 3. The third-order valence-corrected chi connectivity index (χ3v) is 4.64. The van der Waals surface area contributed by atoms with Crippen LogP contribution in [0, 0.1) is 12.7 Å². The number of aryl methyl sites for hydroxylation is 1. The summed E-state index contributed by atoms with van der Waals surface area (Å²) in [6, 6.07) is 14.0. The highest BCUT2D eigenvalue weighted by Crippen LogP contribution is 2.24. The number of thioether (sulfide) groups is 1. The number of halogens is 1. The van der Waals surface area contributed by atoms with Crippen LogP contribution in [0.1, 0.15) is 5.56 Å². The normalized spacial score (nSPS) is 10.7. The lowest BCUT2D eigenvalue weighted by atomic mass is 10.2. The summed E-state index contributed by atoms with van der Waals surface area (Å²) in [5.74, 6) is 0.132. The number of nitrogens with one attached hydrogen (secondary N) is 1. The second kappa shape index (κ2) is 7.48. The molecule has 0 spiro atoms. The SMILES string of the molecule is Cc1ccc(NC(=O)CSc2nnc(-c3ccccc3F)n2C)cc1. The summed E-state index contributed by atoms with van der Waals surface area (Å²) in [5, 5.41) is 11.5. The molecular formula is C18H17FN4OS. The first-order chi connectivity index (χ1) is 12.0. The van der Waals surface area contributed by atoms with E-state index in [9.17, 15) is 9.18 Å². The topological polar surface area (TPSA) is 59.8 Å². The summed E-state index contributed by atoms with van der Waals surface area (Å²) in [6.45, 7) is 1.99. The van der Waals surface area contributed by atoms with Gasteiger partial charge in [0, 0.05) is 12.7 Å². The molecule has 0 aliphatic carbocycles. The van der Waals surface area contributed by atoms with Crippen molar-refractivity contribution in [3.05, 3.63) is 59.9 Å². The summed E-state index contributed by atoms with van der Waals surface area (Å²) in [6.07, 6.45) is 0. The maximum atomic E-state index is 13.9. The molecule has 128 valence electrons. The van der Waals surface area contributed by atoms with E-state index < -0.39 is 0 Å². The lowest BCUT2D eigenvalue weighted by Crippen LogP contribution is -2.14. The van der Waals surface area contributed by atoms with E-state index in [2.05, 4.69) is 15.5 Å². The summed E-state index contributed by atoms with van der Waals surface area (Å²) >= 11 is 1.25. The van der Waals surface area contributed by atoms with Crippen LogP contribution in [0.4, 0.5) is 10.1 Å². The van der Waals surface area contributed by atoms with E-state index in [-0.39, 0.29) is 17.5 Å². The van der Waals surface area contributed by atoms with Crippen LogP contribution in [0.5, 0.6) is 0 Å². The summed E-state index contributed by atoms with van der Waals surface area (Å²) in [5.41, 5.74) is 2.27. The molecule has 0 aliphatic heterocycles. The standard InChI is InChI=1S/C18H17FN4OS/c1-12-7-9-13(10-8-12)20-16(24)11-25-18-22-21-17(23(18)2)14-5-3-4-6-15(14)19/h3-10H,11H2,1-2H3,(H,20,24). The van der Waals surface area contributed by atoms with Crippen molar-refractivity contribution in [2.45, 2.75) is 12.1 Å². The fourth-order valence-corrected chi connectivity index (χ4v) is 2.99. The fraction of sp³-hybridized carbons (Fsp3) is 0.167. The van der Waals surface area contributed by atoms with Crippen molar-refractivity contribution < 1.29 is 9.18 Å². The van der Waals surface area contributed by atoms with Crippen molar-refractivity contribution in [3.8, 4) is 11.4 Å². The van der Waals surface area contributed by atoms with Gasteiger partial charge in [0.05, 0.1) is 11.3 Å². The van der Waals surface area contributed by atoms with Gasteiger partial charge < -0.3 is 9.88 Å². The van der Waals surface area contributed by atoms with Gasteiger partial charge in [0.15, 0.2) is 11.0 Å². The van der Waals surface area contributed by atoms with Crippen LogP contribution in [0.25, 0.3) is 11.4 Å². The molecular weight excluding hydrogens is 339 g/mol. The quantitative estimate of drug-likeness (QED) is 0.709. The molecule has 1 aromatic heterocycles. The maximum Gasteiger partial charge on any atom is 0.234 e. The summed E-state index contributed by atoms with van der Waals surface area (Å²) < 4.78 is 15.6. The zero-order valence-corrected chi connectivity index (χ0v) is 14.7. The Bertz CT molecular complexity index is 892. The fourth-order valence-electron chi connectivity index (χ4n) is 2.28. The van der Waals surface area contributed by atoms with Crippen molar-refractivity contribution in [1.82, 2.24) is 14.8 Å². The zero-order chi connectivity index (χ0) is 17.8. The number of hydrogen-bond donors (Lipinski definition) is 1. The molecule has 2 aromatic carbocycles. The van der Waals surface area contributed by atoms with E-state index in [0.29, 0.717) is 16.5 Å². The van der Waals surface area contributed by atoms with Crippen molar-refractivity contribution >= 4 is 23.4 Å². The minimum atomic E-state index is -0.355. The van der Waals surface area contributed by atoms with Gasteiger partial charge in [-0.05, 0) is 31.2 Å². The molecule has 0 unspecified atom stereocenters. The predicted molar refractivity (Wildman–Crippen MR) is 96.9 cm³/mol. The number of hydrogen-bond acceptors (Lipinski definition) is 4. The highest BCUT2D eigenvalue weighted by molar-refractivity contribution is 7.99. The monoisotopic (exact) mass is 356 g/mol. The van der Waals surface area contributed by atoms with Gasteiger partial charge in [-0.2, -0.15) is 0 Å². The van der Waals surface area contributed by atoms with Crippen LogP contribution in [0.2, 0.25) is 0 Å². The Morgan fingerprint density at radius 3 is 2.60 bits per heavy atom. The molecule has 1 N–H and O–H groups in total. The molecule has 3 rings (SSSR count). The summed E-state index contributed by atoms with van der Waals surface area (Å²) in [7, 11) is 1.75. The molecule has 0 aliphatic rings. The molecule has 0 atom stereocenters. The Hall–Kier alpha value is -2.67. The molecule has 7 heteroatoms. The van der Waals surface area contributed by atoms with Crippen LogP contribution in [0.15, 0.2) is 53.7 Å². The van der Waals surface area contributed by atoms with Gasteiger partial charge in [0.25, 0.3) is 0 Å². The van der Waals surface area contributed by atoms with E-state index in [1.807, 2.05) is 31.2 Å². The smallest absolute Gasteiger partial charge is 0.234 e. The second-order valence-corrected chi connectivity index (χ2v) is 6.49. The molecule has 25 heavy (non-hydrogen) atoms. The Morgan fingerprint density at radius 1 is 1.16 bits per heavy atom. The number of benzene rings is 2. The average Bonchev–Trinajstić information content (AvgIpc) is 2.96. The summed E-state index contributed by atoms with van der Waals surface area (Å²) in [4.78, 5) is 12.1. The predicted octanol–water partition coefficient (Wildman–Crippen LogP) is 3.66. The molecule has 0 fully saturated rings. The van der Waals surface area contributed by atoms with Gasteiger partial charge in [0.1, 0.15) is 5.82 Å². The van der Waals surface area contributed by atoms with Gasteiger partial charge in [-0.15, -0.1) is 10.2 Å². The Kier molecular flexibility index (Phi) is 5.14. The van der Waals surface area contributed by atoms with Gasteiger partial charge in [0.2, 0.25) is 5.91 Å². The van der Waals surface area contributed by atoms with E-state index in [1.54, 1.807) is 29.8 Å². The zero-order valence-electron chi connectivity index (χ0n) is 13.9. The van der Waals surface area contributed by atoms with Gasteiger partial charge in [-0.1, -0.05) is 41.6 Å². The highest BCUT2D eigenvalue weighted by Gasteiger charge is 2.15. The number of carbonyl (C=O) groups excluding carboxylic acids is 1. The minimum Gasteiger partial charge on any atom is -0.325 e. The van der Waals surface area contributed by atoms with Gasteiger partial charge in [-0.3, -0.25) is 4.79 Å². The van der Waals surface area contributed by atoms with Crippen LogP contribution in [-0.2, 0) is 11.8 Å². The largest absolute Gasteiger partial charge is 0.325 e. The molecule has 1 amide bonds.